The standard InChI is InChI=1S/C18H31N3O4.HI/c1-5-19-18(20-9-6-10-25-12-11-22-2)21-14-15-7-8-16(23-3)17(13-15)24-4;/h7-8,13H,5-6,9-12,14H2,1-4H3,(H2,19,20,21);1H. The van der Waals surface area contributed by atoms with Gasteiger partial charge >= 0.3 is 0 Å². The Morgan fingerprint density at radius 1 is 1.00 bits per heavy atom. The highest BCUT2D eigenvalue weighted by Crippen LogP contribution is 2.27. The molecule has 0 aliphatic heterocycles. The van der Waals surface area contributed by atoms with Crippen LogP contribution in [0, 0.1) is 0 Å². The van der Waals surface area contributed by atoms with Crippen LogP contribution in [0.5, 0.6) is 11.5 Å². The third-order valence-corrected chi connectivity index (χ3v) is 3.40. The molecule has 26 heavy (non-hydrogen) atoms. The number of nitrogens with one attached hydrogen (secondary N) is 2. The van der Waals surface area contributed by atoms with Crippen molar-refractivity contribution in [3.63, 3.8) is 0 Å². The number of hydrogen-bond donors (Lipinski definition) is 2. The van der Waals surface area contributed by atoms with Gasteiger partial charge in [-0.25, -0.2) is 4.99 Å². The molecule has 0 aromatic heterocycles. The van der Waals surface area contributed by atoms with E-state index in [1.165, 1.54) is 0 Å². The Hall–Kier alpha value is -1.26. The molecule has 0 fully saturated rings. The largest absolute Gasteiger partial charge is 0.493 e. The molecule has 0 unspecified atom stereocenters. The lowest BCUT2D eigenvalue weighted by Gasteiger charge is -2.12. The number of halogens is 1. The third-order valence-electron chi connectivity index (χ3n) is 3.40. The Morgan fingerprint density at radius 3 is 2.42 bits per heavy atom. The van der Waals surface area contributed by atoms with Crippen molar-refractivity contribution in [2.75, 3.05) is 54.2 Å². The van der Waals surface area contributed by atoms with E-state index in [2.05, 4.69) is 15.6 Å². The number of aliphatic imine (C=N–C) groups is 1. The SMILES string of the molecule is CCNC(=NCc1ccc(OC)c(OC)c1)NCCCOCCOC.I. The summed E-state index contributed by atoms with van der Waals surface area (Å²) in [4.78, 5) is 4.60. The zero-order valence-electron chi connectivity index (χ0n) is 16.2. The molecule has 0 saturated carbocycles. The van der Waals surface area contributed by atoms with Crippen LogP contribution in [0.3, 0.4) is 0 Å². The maximum Gasteiger partial charge on any atom is 0.191 e. The van der Waals surface area contributed by atoms with Crippen molar-refractivity contribution in [3.8, 4) is 11.5 Å². The van der Waals surface area contributed by atoms with Gasteiger partial charge < -0.3 is 29.6 Å². The number of guanidine groups is 1. The minimum absolute atomic E-state index is 0. The molecule has 1 aromatic carbocycles. The van der Waals surface area contributed by atoms with Crippen molar-refractivity contribution in [2.24, 2.45) is 4.99 Å². The van der Waals surface area contributed by atoms with Crippen molar-refractivity contribution in [1.29, 1.82) is 0 Å². The number of methoxy groups -OCH3 is 3. The van der Waals surface area contributed by atoms with Crippen molar-refractivity contribution >= 4 is 29.9 Å². The van der Waals surface area contributed by atoms with Gasteiger partial charge in [-0.1, -0.05) is 6.07 Å². The van der Waals surface area contributed by atoms with E-state index in [1.807, 2.05) is 25.1 Å². The van der Waals surface area contributed by atoms with Crippen LogP contribution in [-0.4, -0.2) is 60.2 Å². The molecule has 7 nitrogen and oxygen atoms in total. The molecule has 150 valence electrons. The zero-order valence-corrected chi connectivity index (χ0v) is 18.5. The van der Waals surface area contributed by atoms with Gasteiger partial charge in [0, 0.05) is 26.8 Å². The van der Waals surface area contributed by atoms with Crippen molar-refractivity contribution < 1.29 is 18.9 Å². The van der Waals surface area contributed by atoms with Crippen LogP contribution in [0.25, 0.3) is 0 Å². The summed E-state index contributed by atoms with van der Waals surface area (Å²) in [6.45, 7) is 6.16. The molecule has 0 spiro atoms. The van der Waals surface area contributed by atoms with Crippen molar-refractivity contribution in [1.82, 2.24) is 10.6 Å². The van der Waals surface area contributed by atoms with Crippen LogP contribution >= 0.6 is 24.0 Å². The minimum atomic E-state index is 0. The highest BCUT2D eigenvalue weighted by Gasteiger charge is 2.04. The zero-order chi connectivity index (χ0) is 18.3. The molecule has 8 heteroatoms. The monoisotopic (exact) mass is 481 g/mol. The molecule has 1 aromatic rings. The van der Waals surface area contributed by atoms with Crippen LogP contribution in [-0.2, 0) is 16.0 Å². The van der Waals surface area contributed by atoms with Gasteiger partial charge in [0.15, 0.2) is 17.5 Å². The second kappa shape index (κ2) is 16.0. The van der Waals surface area contributed by atoms with Crippen LogP contribution in [0.1, 0.15) is 18.9 Å². The van der Waals surface area contributed by atoms with E-state index in [0.29, 0.717) is 37.9 Å². The van der Waals surface area contributed by atoms with E-state index in [9.17, 15) is 0 Å². The van der Waals surface area contributed by atoms with Gasteiger partial charge in [-0.2, -0.15) is 0 Å². The smallest absolute Gasteiger partial charge is 0.191 e. The fourth-order valence-electron chi connectivity index (χ4n) is 2.12. The summed E-state index contributed by atoms with van der Waals surface area (Å²) in [6.07, 6.45) is 0.907. The van der Waals surface area contributed by atoms with E-state index in [0.717, 1.165) is 31.0 Å². The molecule has 0 atom stereocenters. The first-order valence-corrected chi connectivity index (χ1v) is 8.54. The van der Waals surface area contributed by atoms with Gasteiger partial charge in [0.2, 0.25) is 0 Å². The number of ether oxygens (including phenoxy) is 4. The Labute approximate surface area is 173 Å². The van der Waals surface area contributed by atoms with Gasteiger partial charge in [0.05, 0.1) is 34.0 Å². The third kappa shape index (κ3) is 10.0. The Kier molecular flexibility index (Phi) is 15.2. The Bertz CT molecular complexity index is 515. The topological polar surface area (TPSA) is 73.3 Å². The highest BCUT2D eigenvalue weighted by atomic mass is 127. The van der Waals surface area contributed by atoms with Gasteiger partial charge in [-0.15, -0.1) is 24.0 Å². The highest BCUT2D eigenvalue weighted by molar-refractivity contribution is 14.0. The molecule has 0 radical (unpaired) electrons. The van der Waals surface area contributed by atoms with Crippen LogP contribution < -0.4 is 20.1 Å². The summed E-state index contributed by atoms with van der Waals surface area (Å²) >= 11 is 0. The normalized spacial score (nSPS) is 10.8. The lowest BCUT2D eigenvalue weighted by Crippen LogP contribution is -2.38. The number of benzene rings is 1. The van der Waals surface area contributed by atoms with E-state index in [1.54, 1.807) is 21.3 Å². The van der Waals surface area contributed by atoms with Gasteiger partial charge in [-0.3, -0.25) is 0 Å². The molecule has 0 amide bonds. The number of rotatable bonds is 12. The average Bonchev–Trinajstić information content (AvgIpc) is 2.64. The molecule has 0 saturated heterocycles. The van der Waals surface area contributed by atoms with Gasteiger partial charge in [0.25, 0.3) is 0 Å². The Balaban J connectivity index is 0.00000625. The number of hydrogen-bond acceptors (Lipinski definition) is 5. The Morgan fingerprint density at radius 2 is 1.77 bits per heavy atom. The molecule has 0 aliphatic carbocycles. The summed E-state index contributed by atoms with van der Waals surface area (Å²) in [5.41, 5.74) is 1.05. The number of nitrogens with zero attached hydrogens (tertiary/aromatic N) is 1. The van der Waals surface area contributed by atoms with E-state index in [4.69, 9.17) is 18.9 Å². The quantitative estimate of drug-likeness (QED) is 0.207. The molecular weight excluding hydrogens is 449 g/mol. The lowest BCUT2D eigenvalue weighted by atomic mass is 10.2. The molecule has 0 bridgehead atoms. The van der Waals surface area contributed by atoms with E-state index >= 15 is 0 Å². The molecule has 1 rings (SSSR count). The summed E-state index contributed by atoms with van der Waals surface area (Å²) in [5, 5.41) is 6.54. The first-order chi connectivity index (χ1) is 12.2. The summed E-state index contributed by atoms with van der Waals surface area (Å²) in [7, 11) is 4.93. The maximum atomic E-state index is 5.44. The van der Waals surface area contributed by atoms with E-state index < -0.39 is 0 Å². The second-order valence-electron chi connectivity index (χ2n) is 5.27. The fourth-order valence-corrected chi connectivity index (χ4v) is 2.12. The predicted octanol–water partition coefficient (Wildman–Crippen LogP) is 2.43. The predicted molar refractivity (Wildman–Crippen MR) is 115 cm³/mol. The maximum absolute atomic E-state index is 5.44. The van der Waals surface area contributed by atoms with Crippen molar-refractivity contribution in [2.45, 2.75) is 19.9 Å². The van der Waals surface area contributed by atoms with E-state index in [-0.39, 0.29) is 24.0 Å². The first kappa shape index (κ1) is 24.7. The molecule has 0 heterocycles. The van der Waals surface area contributed by atoms with Crippen LogP contribution in [0.4, 0.5) is 0 Å². The van der Waals surface area contributed by atoms with Gasteiger partial charge in [0.1, 0.15) is 0 Å². The lowest BCUT2D eigenvalue weighted by molar-refractivity contribution is 0.0698. The summed E-state index contributed by atoms with van der Waals surface area (Å²) < 4.78 is 21.0. The fraction of sp³-hybridized carbons (Fsp3) is 0.611. The second-order valence-corrected chi connectivity index (χ2v) is 5.27. The molecule has 0 aliphatic rings. The van der Waals surface area contributed by atoms with Crippen LogP contribution in [0.2, 0.25) is 0 Å². The summed E-state index contributed by atoms with van der Waals surface area (Å²) in [6, 6.07) is 5.81. The molecular formula is C18H32IN3O4. The average molecular weight is 481 g/mol. The summed E-state index contributed by atoms with van der Waals surface area (Å²) in [5.74, 6) is 2.21. The first-order valence-electron chi connectivity index (χ1n) is 8.54. The van der Waals surface area contributed by atoms with Crippen molar-refractivity contribution in [3.05, 3.63) is 23.8 Å². The molecule has 2 N–H and O–H groups in total. The van der Waals surface area contributed by atoms with Crippen LogP contribution in [0.15, 0.2) is 23.2 Å². The minimum Gasteiger partial charge on any atom is -0.493 e. The van der Waals surface area contributed by atoms with Gasteiger partial charge in [-0.05, 0) is 31.0 Å².